The molecule has 29 heavy (non-hydrogen) atoms. The van der Waals surface area contributed by atoms with Gasteiger partial charge in [0.1, 0.15) is 0 Å². The van der Waals surface area contributed by atoms with Gasteiger partial charge < -0.3 is 15.4 Å². The van der Waals surface area contributed by atoms with Crippen molar-refractivity contribution in [3.8, 4) is 0 Å². The Morgan fingerprint density at radius 3 is 2.38 bits per heavy atom. The summed E-state index contributed by atoms with van der Waals surface area (Å²) in [5, 5.41) is 6.90. The lowest BCUT2D eigenvalue weighted by atomic mass is 10.1. The maximum atomic E-state index is 5.45. The van der Waals surface area contributed by atoms with E-state index in [0.29, 0.717) is 12.6 Å². The summed E-state index contributed by atoms with van der Waals surface area (Å²) in [7, 11) is 0. The van der Waals surface area contributed by atoms with Crippen molar-refractivity contribution < 1.29 is 4.74 Å². The van der Waals surface area contributed by atoms with Gasteiger partial charge in [0.15, 0.2) is 5.96 Å². The molecule has 1 aliphatic rings. The normalized spacial score (nSPS) is 16.4. The van der Waals surface area contributed by atoms with E-state index in [-0.39, 0.29) is 24.0 Å². The quantitative estimate of drug-likeness (QED) is 0.284. The number of ether oxygens (including phenoxy) is 1. The fourth-order valence-corrected chi connectivity index (χ4v) is 3.45. The van der Waals surface area contributed by atoms with Gasteiger partial charge in [-0.1, -0.05) is 38.1 Å². The van der Waals surface area contributed by atoms with Crippen LogP contribution in [0.3, 0.4) is 0 Å². The summed E-state index contributed by atoms with van der Waals surface area (Å²) in [5.74, 6) is 0.889. The molecule has 166 valence electrons. The number of benzene rings is 1. The molecule has 6 nitrogen and oxygen atoms in total. The van der Waals surface area contributed by atoms with Crippen molar-refractivity contribution >= 4 is 29.9 Å². The summed E-state index contributed by atoms with van der Waals surface area (Å²) < 4.78 is 5.45. The standard InChI is InChI=1S/C22H39N5O.HI/c1-5-23-22(24-16-19(4)27-12-14-28-15-13-27)25-17-20-10-8-9-11-21(20)18-26(6-2)7-3;/h8-11,19H,5-7,12-18H2,1-4H3,(H2,23,24,25);1H. The molecule has 0 bridgehead atoms. The van der Waals surface area contributed by atoms with Crippen LogP contribution in [0.25, 0.3) is 0 Å². The van der Waals surface area contributed by atoms with Gasteiger partial charge in [0.2, 0.25) is 0 Å². The Bertz CT molecular complexity index is 588. The summed E-state index contributed by atoms with van der Waals surface area (Å²) in [6, 6.07) is 9.12. The molecule has 0 saturated carbocycles. The van der Waals surface area contributed by atoms with E-state index in [4.69, 9.17) is 9.73 Å². The van der Waals surface area contributed by atoms with Gasteiger partial charge in [0.25, 0.3) is 0 Å². The van der Waals surface area contributed by atoms with Gasteiger partial charge in [-0.05, 0) is 38.1 Å². The lowest BCUT2D eigenvalue weighted by molar-refractivity contribution is 0.0211. The predicted octanol–water partition coefficient (Wildman–Crippen LogP) is 2.92. The number of hydrogen-bond donors (Lipinski definition) is 2. The number of nitrogens with zero attached hydrogens (tertiary/aromatic N) is 3. The maximum absolute atomic E-state index is 5.45. The van der Waals surface area contributed by atoms with Crippen molar-refractivity contribution in [2.45, 2.75) is 46.8 Å². The summed E-state index contributed by atoms with van der Waals surface area (Å²) in [4.78, 5) is 9.77. The Morgan fingerprint density at radius 2 is 1.76 bits per heavy atom. The van der Waals surface area contributed by atoms with Crippen molar-refractivity contribution in [2.75, 3.05) is 52.5 Å². The zero-order valence-electron chi connectivity index (χ0n) is 18.6. The average molecular weight is 518 g/mol. The molecule has 0 spiro atoms. The van der Waals surface area contributed by atoms with E-state index in [0.717, 1.165) is 65.0 Å². The van der Waals surface area contributed by atoms with E-state index in [2.05, 4.69) is 72.4 Å². The number of aliphatic imine (C=N–C) groups is 1. The summed E-state index contributed by atoms with van der Waals surface area (Å²) in [6.45, 7) is 18.0. The van der Waals surface area contributed by atoms with E-state index in [1.54, 1.807) is 0 Å². The van der Waals surface area contributed by atoms with Crippen LogP contribution >= 0.6 is 24.0 Å². The minimum Gasteiger partial charge on any atom is -0.379 e. The summed E-state index contributed by atoms with van der Waals surface area (Å²) in [6.07, 6.45) is 0. The molecular formula is C22H40IN5O. The number of hydrogen-bond acceptors (Lipinski definition) is 4. The minimum absolute atomic E-state index is 0. The van der Waals surface area contributed by atoms with E-state index in [1.165, 1.54) is 11.1 Å². The number of rotatable bonds is 10. The molecule has 1 fully saturated rings. The van der Waals surface area contributed by atoms with Gasteiger partial charge in [-0.3, -0.25) is 9.80 Å². The van der Waals surface area contributed by atoms with Gasteiger partial charge in [-0.15, -0.1) is 24.0 Å². The van der Waals surface area contributed by atoms with Crippen LogP contribution in [0.2, 0.25) is 0 Å². The Kier molecular flexibility index (Phi) is 13.5. The number of nitrogens with one attached hydrogen (secondary N) is 2. The van der Waals surface area contributed by atoms with Gasteiger partial charge in [0.05, 0.1) is 19.8 Å². The zero-order chi connectivity index (χ0) is 20.2. The van der Waals surface area contributed by atoms with Crippen molar-refractivity contribution in [2.24, 2.45) is 4.99 Å². The lowest BCUT2D eigenvalue weighted by Gasteiger charge is -2.32. The molecule has 1 aromatic rings. The molecular weight excluding hydrogens is 477 g/mol. The molecule has 1 aromatic carbocycles. The molecule has 7 heteroatoms. The van der Waals surface area contributed by atoms with Crippen LogP contribution in [0, 0.1) is 0 Å². The van der Waals surface area contributed by atoms with Gasteiger partial charge >= 0.3 is 0 Å². The molecule has 1 heterocycles. The fraction of sp³-hybridized carbons (Fsp3) is 0.682. The zero-order valence-corrected chi connectivity index (χ0v) is 20.9. The highest BCUT2D eigenvalue weighted by Gasteiger charge is 2.17. The summed E-state index contributed by atoms with van der Waals surface area (Å²) in [5.41, 5.74) is 2.67. The van der Waals surface area contributed by atoms with Gasteiger partial charge in [0, 0.05) is 38.8 Å². The summed E-state index contributed by atoms with van der Waals surface area (Å²) >= 11 is 0. The molecule has 0 aliphatic carbocycles. The minimum atomic E-state index is 0. The number of guanidine groups is 1. The van der Waals surface area contributed by atoms with Gasteiger partial charge in [-0.2, -0.15) is 0 Å². The third kappa shape index (κ3) is 9.19. The number of morpholine rings is 1. The molecule has 1 unspecified atom stereocenters. The topological polar surface area (TPSA) is 52.1 Å². The molecule has 2 rings (SSSR count). The Labute approximate surface area is 194 Å². The van der Waals surface area contributed by atoms with E-state index < -0.39 is 0 Å². The second-order valence-electron chi connectivity index (χ2n) is 7.30. The first-order chi connectivity index (χ1) is 13.7. The van der Waals surface area contributed by atoms with Crippen molar-refractivity contribution in [3.05, 3.63) is 35.4 Å². The molecule has 1 aliphatic heterocycles. The smallest absolute Gasteiger partial charge is 0.191 e. The Hall–Kier alpha value is -0.900. The van der Waals surface area contributed by atoms with Gasteiger partial charge in [-0.25, -0.2) is 4.99 Å². The molecule has 0 amide bonds. The largest absolute Gasteiger partial charge is 0.379 e. The van der Waals surface area contributed by atoms with Crippen LogP contribution in [-0.2, 0) is 17.8 Å². The average Bonchev–Trinajstić information content (AvgIpc) is 2.75. The molecule has 0 radical (unpaired) electrons. The second kappa shape index (κ2) is 15.0. The lowest BCUT2D eigenvalue weighted by Crippen LogP contribution is -2.49. The highest BCUT2D eigenvalue weighted by Crippen LogP contribution is 2.13. The van der Waals surface area contributed by atoms with Crippen molar-refractivity contribution in [1.29, 1.82) is 0 Å². The van der Waals surface area contributed by atoms with Crippen LogP contribution in [0.1, 0.15) is 38.8 Å². The van der Waals surface area contributed by atoms with Crippen LogP contribution in [-0.4, -0.2) is 74.3 Å². The van der Waals surface area contributed by atoms with Crippen LogP contribution in [0.4, 0.5) is 0 Å². The molecule has 1 saturated heterocycles. The number of halogens is 1. The third-order valence-corrected chi connectivity index (χ3v) is 5.39. The molecule has 2 N–H and O–H groups in total. The monoisotopic (exact) mass is 517 g/mol. The van der Waals surface area contributed by atoms with E-state index in [9.17, 15) is 0 Å². The predicted molar refractivity (Wildman–Crippen MR) is 133 cm³/mol. The fourth-order valence-electron chi connectivity index (χ4n) is 3.45. The van der Waals surface area contributed by atoms with Crippen LogP contribution in [0.15, 0.2) is 29.3 Å². The molecule has 1 atom stereocenters. The first kappa shape index (κ1) is 26.1. The van der Waals surface area contributed by atoms with E-state index in [1.807, 2.05) is 0 Å². The van der Waals surface area contributed by atoms with Crippen molar-refractivity contribution in [3.63, 3.8) is 0 Å². The van der Waals surface area contributed by atoms with Crippen molar-refractivity contribution in [1.82, 2.24) is 20.4 Å². The SMILES string of the molecule is CCNC(=NCc1ccccc1CN(CC)CC)NCC(C)N1CCOCC1.I. The van der Waals surface area contributed by atoms with Crippen LogP contribution < -0.4 is 10.6 Å². The van der Waals surface area contributed by atoms with E-state index >= 15 is 0 Å². The Balaban J connectivity index is 0.00000420. The van der Waals surface area contributed by atoms with Crippen LogP contribution in [0.5, 0.6) is 0 Å². The highest BCUT2D eigenvalue weighted by atomic mass is 127. The third-order valence-electron chi connectivity index (χ3n) is 5.39. The highest BCUT2D eigenvalue weighted by molar-refractivity contribution is 14.0. The molecule has 0 aromatic heterocycles. The maximum Gasteiger partial charge on any atom is 0.191 e. The first-order valence-corrected chi connectivity index (χ1v) is 10.8. The Morgan fingerprint density at radius 1 is 1.10 bits per heavy atom. The first-order valence-electron chi connectivity index (χ1n) is 10.8. The second-order valence-corrected chi connectivity index (χ2v) is 7.30.